The van der Waals surface area contributed by atoms with Gasteiger partial charge in [-0.1, -0.05) is 101 Å². The molecule has 208 valence electrons. The van der Waals surface area contributed by atoms with E-state index in [9.17, 15) is 4.79 Å². The molecule has 1 aliphatic rings. The molecule has 0 unspecified atom stereocenters. The molecular formula is C32H45ClN2O2S. The Balaban J connectivity index is 1.32. The number of unbranched alkanes of at least 4 members (excludes halogenated alkanes) is 11. The minimum Gasteiger partial charge on any atom is -0.494 e. The van der Waals surface area contributed by atoms with Gasteiger partial charge in [-0.2, -0.15) is 0 Å². The molecule has 0 radical (unpaired) electrons. The van der Waals surface area contributed by atoms with E-state index in [1.807, 2.05) is 36.0 Å². The lowest BCUT2D eigenvalue weighted by Gasteiger charge is -2.15. The lowest BCUT2D eigenvalue weighted by Crippen LogP contribution is -2.14. The molecule has 0 atom stereocenters. The molecule has 0 bridgehead atoms. The summed E-state index contributed by atoms with van der Waals surface area (Å²) in [4.78, 5) is 16.5. The van der Waals surface area contributed by atoms with E-state index >= 15 is 0 Å². The number of nitrogens with one attached hydrogen (secondary N) is 1. The number of hydrogen-bond donors (Lipinski definition) is 1. The molecule has 0 fully saturated rings. The largest absolute Gasteiger partial charge is 0.494 e. The van der Waals surface area contributed by atoms with Gasteiger partial charge in [-0.3, -0.25) is 4.79 Å². The molecule has 38 heavy (non-hydrogen) atoms. The summed E-state index contributed by atoms with van der Waals surface area (Å²) in [5.74, 6) is 1.46. The van der Waals surface area contributed by atoms with Crippen molar-refractivity contribution in [2.75, 3.05) is 17.8 Å². The Labute approximate surface area is 239 Å². The first kappa shape index (κ1) is 30.4. The number of amides is 1. The lowest BCUT2D eigenvalue weighted by atomic mass is 10.1. The van der Waals surface area contributed by atoms with Crippen LogP contribution in [0.2, 0.25) is 5.02 Å². The van der Waals surface area contributed by atoms with Crippen LogP contribution in [0.5, 0.6) is 5.75 Å². The smallest absolute Gasteiger partial charge is 0.257 e. The Morgan fingerprint density at radius 2 is 1.63 bits per heavy atom. The summed E-state index contributed by atoms with van der Waals surface area (Å²) in [5.41, 5.74) is 2.37. The number of allylic oxidation sites excluding steroid dienone is 1. The van der Waals surface area contributed by atoms with Crippen LogP contribution in [0.25, 0.3) is 0 Å². The van der Waals surface area contributed by atoms with E-state index in [4.69, 9.17) is 16.3 Å². The summed E-state index contributed by atoms with van der Waals surface area (Å²) in [6, 6.07) is 13.3. The van der Waals surface area contributed by atoms with Gasteiger partial charge in [-0.25, -0.2) is 0 Å². The van der Waals surface area contributed by atoms with Crippen LogP contribution < -0.4 is 10.1 Å². The van der Waals surface area contributed by atoms with E-state index in [0.717, 1.165) is 30.1 Å². The van der Waals surface area contributed by atoms with Crippen molar-refractivity contribution < 1.29 is 9.53 Å². The zero-order chi connectivity index (χ0) is 27.0. The minimum atomic E-state index is -0.216. The van der Waals surface area contributed by atoms with Crippen LogP contribution in [0, 0.1) is 0 Å². The molecule has 0 spiro atoms. The van der Waals surface area contributed by atoms with Gasteiger partial charge in [0.15, 0.2) is 0 Å². The monoisotopic (exact) mass is 556 g/mol. The number of rotatable bonds is 18. The number of hydrogen-bond acceptors (Lipinski definition) is 4. The molecule has 2 aromatic rings. The molecule has 1 N–H and O–H groups in total. The first-order valence-electron chi connectivity index (χ1n) is 14.4. The molecule has 3 rings (SSSR count). The predicted octanol–water partition coefficient (Wildman–Crippen LogP) is 10.0. The summed E-state index contributed by atoms with van der Waals surface area (Å²) in [6.45, 7) is 5.89. The quantitative estimate of drug-likeness (QED) is 0.185. The number of nitrogens with zero attached hydrogens (tertiary/aromatic N) is 1. The van der Waals surface area contributed by atoms with Gasteiger partial charge in [0.25, 0.3) is 5.91 Å². The van der Waals surface area contributed by atoms with Crippen LogP contribution in [0.3, 0.4) is 0 Å². The third kappa shape index (κ3) is 11.3. The summed E-state index contributed by atoms with van der Waals surface area (Å²) >= 11 is 8.30. The third-order valence-electron chi connectivity index (χ3n) is 6.84. The lowest BCUT2D eigenvalue weighted by molar-refractivity contribution is 0.102. The van der Waals surface area contributed by atoms with Gasteiger partial charge in [-0.05, 0) is 54.1 Å². The Bertz CT molecular complexity index is 1030. The van der Waals surface area contributed by atoms with Gasteiger partial charge in [0, 0.05) is 18.4 Å². The molecule has 0 aromatic heterocycles. The van der Waals surface area contributed by atoms with Gasteiger partial charge in [0.05, 0.1) is 23.1 Å². The second-order valence-electron chi connectivity index (χ2n) is 10.3. The van der Waals surface area contributed by atoms with Crippen molar-refractivity contribution in [2.45, 2.75) is 97.4 Å². The first-order chi connectivity index (χ1) is 18.5. The Morgan fingerprint density at radius 3 is 2.26 bits per heavy atom. The fourth-order valence-corrected chi connectivity index (χ4v) is 5.71. The highest BCUT2D eigenvalue weighted by Crippen LogP contribution is 2.27. The topological polar surface area (TPSA) is 41.6 Å². The van der Waals surface area contributed by atoms with Crippen molar-refractivity contribution in [1.82, 2.24) is 4.90 Å². The van der Waals surface area contributed by atoms with Crippen LogP contribution in [-0.2, 0) is 6.54 Å². The molecule has 0 saturated heterocycles. The zero-order valence-electron chi connectivity index (χ0n) is 23.3. The molecule has 1 amide bonds. The summed E-state index contributed by atoms with van der Waals surface area (Å²) in [5, 5.41) is 3.39. The van der Waals surface area contributed by atoms with Crippen molar-refractivity contribution in [1.29, 1.82) is 0 Å². The highest BCUT2D eigenvalue weighted by atomic mass is 35.5. The fraction of sp³-hybridized carbons (Fsp3) is 0.531. The van der Waals surface area contributed by atoms with Crippen molar-refractivity contribution >= 4 is 35.0 Å². The van der Waals surface area contributed by atoms with Crippen LogP contribution in [0.1, 0.15) is 107 Å². The third-order valence-corrected chi connectivity index (χ3v) is 8.18. The average Bonchev–Trinajstić information content (AvgIpc) is 3.31. The molecule has 1 aliphatic heterocycles. The van der Waals surface area contributed by atoms with Crippen LogP contribution >= 0.6 is 23.4 Å². The van der Waals surface area contributed by atoms with Crippen molar-refractivity contribution in [3.05, 3.63) is 69.7 Å². The second-order valence-corrected chi connectivity index (χ2v) is 11.9. The number of benzene rings is 2. The number of halogens is 1. The number of thioether (sulfide) groups is 1. The van der Waals surface area contributed by atoms with Gasteiger partial charge < -0.3 is 15.0 Å². The molecular weight excluding hydrogens is 512 g/mol. The molecule has 6 heteroatoms. The maximum atomic E-state index is 12.9. The fourth-order valence-electron chi connectivity index (χ4n) is 4.69. The average molecular weight is 557 g/mol. The van der Waals surface area contributed by atoms with Crippen LogP contribution in [-0.4, -0.2) is 23.3 Å². The SMILES string of the molecule is CCCCCCCCCCCCCCOc1ccc(C(=O)Nc2cccc(CN3C=C(C)SC3)c2)c(Cl)c1. The minimum absolute atomic E-state index is 0.216. The number of carbonyl (C=O) groups is 1. The summed E-state index contributed by atoms with van der Waals surface area (Å²) < 4.78 is 5.89. The Morgan fingerprint density at radius 1 is 0.947 bits per heavy atom. The van der Waals surface area contributed by atoms with E-state index in [-0.39, 0.29) is 5.91 Å². The molecule has 1 heterocycles. The Kier molecular flexibility index (Phi) is 14.0. The highest BCUT2D eigenvalue weighted by molar-refractivity contribution is 8.03. The summed E-state index contributed by atoms with van der Waals surface area (Å²) in [7, 11) is 0. The van der Waals surface area contributed by atoms with E-state index < -0.39 is 0 Å². The molecule has 0 saturated carbocycles. The number of carbonyl (C=O) groups excluding carboxylic acids is 1. The highest BCUT2D eigenvalue weighted by Gasteiger charge is 2.13. The zero-order valence-corrected chi connectivity index (χ0v) is 24.8. The van der Waals surface area contributed by atoms with E-state index in [1.54, 1.807) is 12.1 Å². The van der Waals surface area contributed by atoms with Crippen molar-refractivity contribution in [2.24, 2.45) is 0 Å². The maximum Gasteiger partial charge on any atom is 0.257 e. The van der Waals surface area contributed by atoms with Gasteiger partial charge >= 0.3 is 0 Å². The summed E-state index contributed by atoms with van der Waals surface area (Å²) in [6.07, 6.45) is 18.1. The number of ether oxygens (including phenoxy) is 1. The number of anilines is 1. The molecule has 0 aliphatic carbocycles. The van der Waals surface area contributed by atoms with Gasteiger partial charge in [0.1, 0.15) is 5.75 Å². The molecule has 2 aromatic carbocycles. The predicted molar refractivity (Wildman–Crippen MR) is 164 cm³/mol. The standard InChI is InChI=1S/C32H45ClN2O2S/c1-3-4-5-6-7-8-9-10-11-12-13-14-20-37-29-18-19-30(31(33)22-29)32(36)34-28-17-15-16-27(21-28)24-35-23-26(2)38-25-35/h15-19,21-23H,3-14,20,24-25H2,1-2H3,(H,34,36). The Hall–Kier alpha value is -2.11. The van der Waals surface area contributed by atoms with Crippen LogP contribution in [0.15, 0.2) is 53.6 Å². The first-order valence-corrected chi connectivity index (χ1v) is 15.8. The van der Waals surface area contributed by atoms with E-state index in [1.165, 1.54) is 75.5 Å². The van der Waals surface area contributed by atoms with Crippen LogP contribution in [0.4, 0.5) is 5.69 Å². The second kappa shape index (κ2) is 17.5. The van der Waals surface area contributed by atoms with Gasteiger partial charge in [0.2, 0.25) is 0 Å². The molecule has 4 nitrogen and oxygen atoms in total. The normalized spacial score (nSPS) is 13.0. The van der Waals surface area contributed by atoms with Gasteiger partial charge in [-0.15, -0.1) is 11.8 Å². The van der Waals surface area contributed by atoms with Crippen molar-refractivity contribution in [3.8, 4) is 5.75 Å². The van der Waals surface area contributed by atoms with Crippen molar-refractivity contribution in [3.63, 3.8) is 0 Å². The van der Waals surface area contributed by atoms with E-state index in [0.29, 0.717) is 22.9 Å². The maximum absolute atomic E-state index is 12.9. The van der Waals surface area contributed by atoms with E-state index in [2.05, 4.69) is 36.3 Å².